The lowest BCUT2D eigenvalue weighted by atomic mass is 10.1. The van der Waals surface area contributed by atoms with Gasteiger partial charge in [0.25, 0.3) is 0 Å². The minimum atomic E-state index is 0.614. The highest BCUT2D eigenvalue weighted by atomic mass is 16.5. The summed E-state index contributed by atoms with van der Waals surface area (Å²) in [4.78, 5) is 11.1. The van der Waals surface area contributed by atoms with Crippen LogP contribution in [0.4, 0.5) is 5.95 Å². The van der Waals surface area contributed by atoms with Crippen LogP contribution in [-0.4, -0.2) is 48.2 Å². The summed E-state index contributed by atoms with van der Waals surface area (Å²) in [6.45, 7) is 6.32. The molecular formula is C13H22N4O. The molecule has 0 atom stereocenters. The highest BCUT2D eigenvalue weighted by Crippen LogP contribution is 2.11. The van der Waals surface area contributed by atoms with Crippen molar-refractivity contribution >= 4 is 5.95 Å². The summed E-state index contributed by atoms with van der Waals surface area (Å²) < 4.78 is 5.13. The Morgan fingerprint density at radius 1 is 1.28 bits per heavy atom. The molecule has 0 aromatic carbocycles. The maximum atomic E-state index is 5.13. The van der Waals surface area contributed by atoms with Crippen LogP contribution in [-0.2, 0) is 0 Å². The Balaban J connectivity index is 1.80. The van der Waals surface area contributed by atoms with Crippen molar-refractivity contribution in [3.63, 3.8) is 0 Å². The summed E-state index contributed by atoms with van der Waals surface area (Å²) in [5.41, 5.74) is 0.919. The molecule has 1 aliphatic rings. The first-order valence-electron chi connectivity index (χ1n) is 6.64. The van der Waals surface area contributed by atoms with E-state index in [1.165, 1.54) is 32.4 Å². The average molecular weight is 250 g/mol. The number of piperidine rings is 1. The second-order valence-electron chi connectivity index (χ2n) is 4.70. The fourth-order valence-electron chi connectivity index (χ4n) is 2.23. The molecule has 2 rings (SSSR count). The van der Waals surface area contributed by atoms with Crippen LogP contribution < -0.4 is 10.1 Å². The van der Waals surface area contributed by atoms with Crippen molar-refractivity contribution in [2.75, 3.05) is 38.6 Å². The maximum absolute atomic E-state index is 5.13. The molecule has 0 amide bonds. The molecule has 0 spiro atoms. The van der Waals surface area contributed by atoms with Crippen molar-refractivity contribution in [2.45, 2.75) is 26.2 Å². The second-order valence-corrected chi connectivity index (χ2v) is 4.70. The Labute approximate surface area is 109 Å². The van der Waals surface area contributed by atoms with Crippen molar-refractivity contribution < 1.29 is 4.74 Å². The van der Waals surface area contributed by atoms with E-state index < -0.39 is 0 Å². The predicted molar refractivity (Wildman–Crippen MR) is 72.1 cm³/mol. The van der Waals surface area contributed by atoms with Crippen molar-refractivity contribution in [3.8, 4) is 5.88 Å². The first-order chi connectivity index (χ1) is 8.78. The second kappa shape index (κ2) is 6.54. The number of methoxy groups -OCH3 is 1. The summed E-state index contributed by atoms with van der Waals surface area (Å²) in [5, 5.41) is 3.26. The minimum absolute atomic E-state index is 0.614. The van der Waals surface area contributed by atoms with Gasteiger partial charge in [-0.1, -0.05) is 6.42 Å². The number of ether oxygens (including phenoxy) is 1. The number of likely N-dealkylation sites (tertiary alicyclic amines) is 1. The quantitative estimate of drug-likeness (QED) is 0.862. The van der Waals surface area contributed by atoms with Gasteiger partial charge < -0.3 is 15.0 Å². The van der Waals surface area contributed by atoms with Gasteiger partial charge in [-0.2, -0.15) is 4.98 Å². The van der Waals surface area contributed by atoms with Gasteiger partial charge in [0.15, 0.2) is 0 Å². The molecule has 2 heterocycles. The molecule has 1 N–H and O–H groups in total. The van der Waals surface area contributed by atoms with E-state index in [1.807, 2.05) is 13.0 Å². The number of nitrogens with zero attached hydrogens (tertiary/aromatic N) is 3. The van der Waals surface area contributed by atoms with E-state index in [0.717, 1.165) is 18.8 Å². The van der Waals surface area contributed by atoms with E-state index in [0.29, 0.717) is 11.8 Å². The van der Waals surface area contributed by atoms with Crippen LogP contribution in [0.3, 0.4) is 0 Å². The van der Waals surface area contributed by atoms with Gasteiger partial charge in [-0.05, 0) is 32.9 Å². The maximum Gasteiger partial charge on any atom is 0.226 e. The molecular weight excluding hydrogens is 228 g/mol. The molecule has 1 aromatic rings. The Hall–Kier alpha value is -1.36. The minimum Gasteiger partial charge on any atom is -0.481 e. The first-order valence-corrected chi connectivity index (χ1v) is 6.64. The van der Waals surface area contributed by atoms with Gasteiger partial charge >= 0.3 is 0 Å². The summed E-state index contributed by atoms with van der Waals surface area (Å²) >= 11 is 0. The molecule has 0 bridgehead atoms. The van der Waals surface area contributed by atoms with Gasteiger partial charge in [0.2, 0.25) is 11.8 Å². The fourth-order valence-corrected chi connectivity index (χ4v) is 2.23. The van der Waals surface area contributed by atoms with Crippen molar-refractivity contribution in [1.82, 2.24) is 14.9 Å². The molecule has 100 valence electrons. The van der Waals surface area contributed by atoms with E-state index in [9.17, 15) is 0 Å². The van der Waals surface area contributed by atoms with E-state index in [1.54, 1.807) is 7.11 Å². The third-order valence-electron chi connectivity index (χ3n) is 3.20. The smallest absolute Gasteiger partial charge is 0.226 e. The van der Waals surface area contributed by atoms with Crippen LogP contribution in [0.5, 0.6) is 5.88 Å². The average Bonchev–Trinajstić information content (AvgIpc) is 2.39. The molecule has 0 aliphatic carbocycles. The molecule has 5 heteroatoms. The van der Waals surface area contributed by atoms with Gasteiger partial charge in [0, 0.05) is 24.8 Å². The molecule has 1 fully saturated rings. The van der Waals surface area contributed by atoms with E-state index in [4.69, 9.17) is 4.74 Å². The van der Waals surface area contributed by atoms with Crippen LogP contribution in [0, 0.1) is 6.92 Å². The van der Waals surface area contributed by atoms with Gasteiger partial charge in [-0.25, -0.2) is 4.98 Å². The largest absolute Gasteiger partial charge is 0.481 e. The van der Waals surface area contributed by atoms with E-state index in [-0.39, 0.29) is 0 Å². The van der Waals surface area contributed by atoms with Crippen molar-refractivity contribution in [1.29, 1.82) is 0 Å². The van der Waals surface area contributed by atoms with Gasteiger partial charge in [-0.15, -0.1) is 0 Å². The number of rotatable bonds is 5. The van der Waals surface area contributed by atoms with Gasteiger partial charge in [-0.3, -0.25) is 0 Å². The molecule has 1 aliphatic heterocycles. The van der Waals surface area contributed by atoms with Crippen LogP contribution in [0.1, 0.15) is 25.0 Å². The number of aromatic nitrogens is 2. The first kappa shape index (κ1) is 13.1. The monoisotopic (exact) mass is 250 g/mol. The highest BCUT2D eigenvalue weighted by Gasteiger charge is 2.09. The normalized spacial score (nSPS) is 16.6. The summed E-state index contributed by atoms with van der Waals surface area (Å²) in [7, 11) is 1.62. The van der Waals surface area contributed by atoms with Crippen LogP contribution >= 0.6 is 0 Å². The molecule has 5 nitrogen and oxygen atoms in total. The number of hydrogen-bond donors (Lipinski definition) is 1. The molecule has 1 aromatic heterocycles. The lowest BCUT2D eigenvalue weighted by Crippen LogP contribution is -2.33. The van der Waals surface area contributed by atoms with E-state index in [2.05, 4.69) is 20.2 Å². The zero-order chi connectivity index (χ0) is 12.8. The summed E-state index contributed by atoms with van der Waals surface area (Å²) in [5.74, 6) is 1.27. The molecule has 0 radical (unpaired) electrons. The third kappa shape index (κ3) is 3.84. The van der Waals surface area contributed by atoms with Crippen LogP contribution in [0.25, 0.3) is 0 Å². The fraction of sp³-hybridized carbons (Fsp3) is 0.692. The highest BCUT2D eigenvalue weighted by molar-refractivity contribution is 5.30. The number of nitrogens with one attached hydrogen (secondary N) is 1. The lowest BCUT2D eigenvalue weighted by Gasteiger charge is -2.26. The summed E-state index contributed by atoms with van der Waals surface area (Å²) in [6, 6.07) is 1.83. The van der Waals surface area contributed by atoms with Crippen molar-refractivity contribution in [3.05, 3.63) is 11.8 Å². The Morgan fingerprint density at radius 2 is 2.06 bits per heavy atom. The summed E-state index contributed by atoms with van der Waals surface area (Å²) in [6.07, 6.45) is 4.03. The SMILES string of the molecule is COc1cc(C)nc(NCCN2CCCCC2)n1. The number of anilines is 1. The molecule has 0 saturated carbocycles. The number of hydrogen-bond acceptors (Lipinski definition) is 5. The number of aryl methyl sites for hydroxylation is 1. The van der Waals surface area contributed by atoms with Gasteiger partial charge in [0.05, 0.1) is 7.11 Å². The Morgan fingerprint density at radius 3 is 2.78 bits per heavy atom. The topological polar surface area (TPSA) is 50.3 Å². The van der Waals surface area contributed by atoms with Crippen LogP contribution in [0.15, 0.2) is 6.07 Å². The zero-order valence-electron chi connectivity index (χ0n) is 11.3. The standard InChI is InChI=1S/C13H22N4O/c1-11-10-12(18-2)16-13(15-11)14-6-9-17-7-4-3-5-8-17/h10H,3-9H2,1-2H3,(H,14,15,16). The van der Waals surface area contributed by atoms with Crippen LogP contribution in [0.2, 0.25) is 0 Å². The lowest BCUT2D eigenvalue weighted by molar-refractivity contribution is 0.237. The third-order valence-corrected chi connectivity index (χ3v) is 3.20. The zero-order valence-corrected chi connectivity index (χ0v) is 11.3. The Kier molecular flexibility index (Phi) is 4.75. The Bertz CT molecular complexity index is 377. The molecule has 0 unspecified atom stereocenters. The predicted octanol–water partition coefficient (Wildman–Crippen LogP) is 1.69. The molecule has 18 heavy (non-hydrogen) atoms. The van der Waals surface area contributed by atoms with Gasteiger partial charge in [0.1, 0.15) is 0 Å². The molecule has 1 saturated heterocycles. The van der Waals surface area contributed by atoms with Crippen molar-refractivity contribution in [2.24, 2.45) is 0 Å². The van der Waals surface area contributed by atoms with E-state index >= 15 is 0 Å².